The molecule has 0 radical (unpaired) electrons. The molecule has 226 valence electrons. The highest BCUT2D eigenvalue weighted by Gasteiger charge is 2.50. The van der Waals surface area contributed by atoms with Crippen LogP contribution in [0, 0.1) is 0 Å². The van der Waals surface area contributed by atoms with Crippen LogP contribution in [0.15, 0.2) is 193 Å². The van der Waals surface area contributed by atoms with Gasteiger partial charge in [-0.05, 0) is 72.4 Å². The lowest BCUT2D eigenvalue weighted by atomic mass is 10.2. The highest BCUT2D eigenvalue weighted by atomic mass is 32.2. The van der Waals surface area contributed by atoms with Gasteiger partial charge in [-0.1, -0.05) is 121 Å². The third-order valence-electron chi connectivity index (χ3n) is 7.73. The summed E-state index contributed by atoms with van der Waals surface area (Å²) in [6.07, 6.45) is -0.955. The van der Waals surface area contributed by atoms with E-state index < -0.39 is 13.5 Å². The standard InChI is InChI=1S/C40H35N3OPS/c41-40(43(33-21-9-2-10-22-33)34-23-11-3-12-24-34)46-31-38(42-39(44)32-19-7-1-8-20-32)45(35-25-13-4-14-26-35,36-27-15-5-16-28-36)37-29-17-6-18-30-37/h1-31,39,41-42,44H/q+1/p+1. The van der Waals surface area contributed by atoms with Gasteiger partial charge in [0.05, 0.1) is 0 Å². The van der Waals surface area contributed by atoms with Crippen molar-refractivity contribution in [3.8, 4) is 0 Å². The minimum atomic E-state index is -2.59. The molecule has 6 aromatic carbocycles. The minimum absolute atomic E-state index is 0.582. The average molecular weight is 638 g/mol. The molecule has 0 fully saturated rings. The Hall–Kier alpha value is -4.93. The van der Waals surface area contributed by atoms with Crippen molar-refractivity contribution in [2.75, 3.05) is 0 Å². The lowest BCUT2D eigenvalue weighted by molar-refractivity contribution is 0.154. The fourth-order valence-corrected chi connectivity index (χ4v) is 10.9. The molecular formula is C40H36N3OPS+2. The maximum atomic E-state index is 11.7. The van der Waals surface area contributed by atoms with Crippen molar-refractivity contribution < 1.29 is 5.11 Å². The first-order chi connectivity index (χ1) is 22.7. The molecule has 6 aromatic rings. The van der Waals surface area contributed by atoms with Crippen LogP contribution in [0.25, 0.3) is 0 Å². The van der Waals surface area contributed by atoms with E-state index in [9.17, 15) is 5.11 Å². The maximum absolute atomic E-state index is 11.7. The molecule has 0 saturated heterocycles. The van der Waals surface area contributed by atoms with E-state index in [-0.39, 0.29) is 0 Å². The average Bonchev–Trinajstić information content (AvgIpc) is 3.13. The molecule has 0 amide bonds. The molecule has 0 saturated carbocycles. The Balaban J connectivity index is 1.60. The van der Waals surface area contributed by atoms with Crippen molar-refractivity contribution in [3.63, 3.8) is 0 Å². The van der Waals surface area contributed by atoms with Crippen molar-refractivity contribution in [1.29, 1.82) is 0 Å². The van der Waals surface area contributed by atoms with Gasteiger partial charge in [-0.15, -0.1) is 0 Å². The summed E-state index contributed by atoms with van der Waals surface area (Å²) >= 11 is 1.44. The summed E-state index contributed by atoms with van der Waals surface area (Å²) in [6, 6.07) is 61.8. The first kappa shape index (κ1) is 31.1. The topological polar surface area (TPSA) is 61.3 Å². The van der Waals surface area contributed by atoms with Crippen molar-refractivity contribution in [3.05, 3.63) is 198 Å². The molecule has 4 N–H and O–H groups in total. The van der Waals surface area contributed by atoms with Crippen LogP contribution in [-0.2, 0) is 0 Å². The third kappa shape index (κ3) is 6.68. The predicted octanol–water partition coefficient (Wildman–Crippen LogP) is 7.64. The molecule has 0 spiro atoms. The monoisotopic (exact) mass is 637 g/mol. The second-order valence-electron chi connectivity index (χ2n) is 10.6. The van der Waals surface area contributed by atoms with Crippen LogP contribution in [0.3, 0.4) is 0 Å². The normalized spacial score (nSPS) is 12.2. The van der Waals surface area contributed by atoms with Gasteiger partial charge in [-0.3, -0.25) is 5.73 Å². The zero-order valence-electron chi connectivity index (χ0n) is 25.3. The highest BCUT2D eigenvalue weighted by molar-refractivity contribution is 8.16. The predicted molar refractivity (Wildman–Crippen MR) is 199 cm³/mol. The Bertz CT molecular complexity index is 1750. The van der Waals surface area contributed by atoms with E-state index in [2.05, 4.69) is 112 Å². The van der Waals surface area contributed by atoms with Gasteiger partial charge in [-0.2, -0.15) is 4.58 Å². The summed E-state index contributed by atoms with van der Waals surface area (Å²) in [5.41, 5.74) is 10.6. The summed E-state index contributed by atoms with van der Waals surface area (Å²) in [5.74, 6) is 0. The largest absolute Gasteiger partial charge is 0.369 e. The van der Waals surface area contributed by atoms with Crippen LogP contribution in [0.4, 0.5) is 11.4 Å². The van der Waals surface area contributed by atoms with Gasteiger partial charge in [-0.25, -0.2) is 0 Å². The third-order valence-corrected chi connectivity index (χ3v) is 12.9. The van der Waals surface area contributed by atoms with Crippen molar-refractivity contribution >= 4 is 51.5 Å². The van der Waals surface area contributed by atoms with E-state index in [0.717, 1.165) is 38.3 Å². The molecule has 4 nitrogen and oxygen atoms in total. The van der Waals surface area contributed by atoms with Gasteiger partial charge in [0.2, 0.25) is 0 Å². The molecule has 0 bridgehead atoms. The second kappa shape index (κ2) is 14.9. The van der Waals surface area contributed by atoms with Gasteiger partial charge in [0.1, 0.15) is 27.3 Å². The van der Waals surface area contributed by atoms with E-state index in [1.165, 1.54) is 11.8 Å². The number of thioether (sulfide) groups is 1. The fourth-order valence-electron chi connectivity index (χ4n) is 5.61. The molecule has 1 atom stereocenters. The maximum Gasteiger partial charge on any atom is 0.318 e. The van der Waals surface area contributed by atoms with Crippen LogP contribution in [0.1, 0.15) is 11.8 Å². The first-order valence-corrected chi connectivity index (χ1v) is 17.8. The Morgan fingerprint density at radius 1 is 0.565 bits per heavy atom. The summed E-state index contributed by atoms with van der Waals surface area (Å²) < 4.78 is 2.06. The van der Waals surface area contributed by atoms with Crippen LogP contribution >= 0.6 is 19.0 Å². The lowest BCUT2D eigenvalue weighted by Crippen LogP contribution is -2.37. The first-order valence-electron chi connectivity index (χ1n) is 15.1. The van der Waals surface area contributed by atoms with Gasteiger partial charge in [0, 0.05) is 11.0 Å². The molecule has 0 heterocycles. The van der Waals surface area contributed by atoms with Gasteiger partial charge >= 0.3 is 5.17 Å². The Kier molecular flexibility index (Phi) is 10.1. The molecule has 0 aliphatic carbocycles. The molecule has 0 aliphatic heterocycles. The van der Waals surface area contributed by atoms with E-state index >= 15 is 0 Å². The van der Waals surface area contributed by atoms with Gasteiger partial charge in [0.25, 0.3) is 0 Å². The number of aliphatic hydroxyl groups is 1. The molecular weight excluding hydrogens is 602 g/mol. The molecule has 6 rings (SSSR count). The van der Waals surface area contributed by atoms with E-state index in [1.807, 2.05) is 84.9 Å². The fraction of sp³-hybridized carbons (Fsp3) is 0.0250. The lowest BCUT2D eigenvalue weighted by Gasteiger charge is -2.31. The summed E-state index contributed by atoms with van der Waals surface area (Å²) in [7, 11) is -2.59. The molecule has 0 aromatic heterocycles. The number of nitrogens with two attached hydrogens (primary N) is 1. The molecule has 6 heteroatoms. The molecule has 0 aliphatic rings. The highest BCUT2D eigenvalue weighted by Crippen LogP contribution is 2.62. The van der Waals surface area contributed by atoms with Crippen LogP contribution < -0.4 is 31.5 Å². The van der Waals surface area contributed by atoms with E-state index in [0.29, 0.717) is 5.17 Å². The Morgan fingerprint density at radius 3 is 1.30 bits per heavy atom. The Morgan fingerprint density at radius 2 is 0.913 bits per heavy atom. The van der Waals surface area contributed by atoms with Gasteiger partial charge < -0.3 is 10.4 Å². The summed E-state index contributed by atoms with van der Waals surface area (Å²) in [6.45, 7) is 0. The summed E-state index contributed by atoms with van der Waals surface area (Å²) in [4.78, 5) is 0. The zero-order valence-corrected chi connectivity index (χ0v) is 27.0. The molecule has 1 unspecified atom stereocenters. The van der Waals surface area contributed by atoms with E-state index in [4.69, 9.17) is 5.73 Å². The number of hydrogen-bond donors (Lipinski definition) is 3. The van der Waals surface area contributed by atoms with Crippen LogP contribution in [0.5, 0.6) is 0 Å². The number of benzene rings is 6. The van der Waals surface area contributed by atoms with Crippen molar-refractivity contribution in [2.45, 2.75) is 6.23 Å². The second-order valence-corrected chi connectivity index (χ2v) is 14.9. The van der Waals surface area contributed by atoms with Crippen LogP contribution in [0.2, 0.25) is 0 Å². The zero-order chi connectivity index (χ0) is 31.6. The quantitative estimate of drug-likeness (QED) is 0.0475. The number of hydrogen-bond acceptors (Lipinski definition) is 3. The number of para-hydroxylation sites is 2. The number of rotatable bonds is 10. The molecule has 46 heavy (non-hydrogen) atoms. The van der Waals surface area contributed by atoms with Gasteiger partial charge in [0.15, 0.2) is 18.9 Å². The number of aliphatic hydroxyl groups excluding tert-OH is 1. The smallest absolute Gasteiger partial charge is 0.318 e. The minimum Gasteiger partial charge on any atom is -0.369 e. The van der Waals surface area contributed by atoms with Crippen molar-refractivity contribution in [2.24, 2.45) is 5.73 Å². The Labute approximate surface area is 275 Å². The number of nitrogens with zero attached hydrogens (tertiary/aromatic N) is 1. The number of amidine groups is 1. The van der Waals surface area contributed by atoms with E-state index in [1.54, 1.807) is 0 Å². The number of nitrogens with one attached hydrogen (secondary N) is 1. The SMILES string of the molecule is NC(SC=C(NC(O)c1ccccc1)[P+](c1ccccc1)(c1ccccc1)c1ccccc1)=[N+](c1ccccc1)c1ccccc1. The summed E-state index contributed by atoms with van der Waals surface area (Å²) in [5, 5.41) is 21.5. The van der Waals surface area contributed by atoms with Crippen molar-refractivity contribution in [1.82, 2.24) is 9.89 Å². The van der Waals surface area contributed by atoms with Crippen LogP contribution in [-0.4, -0.2) is 10.3 Å².